The molecule has 0 amide bonds. The smallest absolute Gasteiger partial charge is 0.179 e. The van der Waals surface area contributed by atoms with Crippen molar-refractivity contribution in [3.63, 3.8) is 0 Å². The van der Waals surface area contributed by atoms with Crippen LogP contribution in [0.15, 0.2) is 47.1 Å². The summed E-state index contributed by atoms with van der Waals surface area (Å²) in [6, 6.07) is 11.8. The van der Waals surface area contributed by atoms with Crippen LogP contribution in [0.1, 0.15) is 0 Å². The predicted molar refractivity (Wildman–Crippen MR) is 75.5 cm³/mol. The molecule has 0 aliphatic rings. The van der Waals surface area contributed by atoms with Crippen LogP contribution in [0.2, 0.25) is 5.15 Å². The first-order chi connectivity index (χ1) is 8.74. The van der Waals surface area contributed by atoms with Gasteiger partial charge in [0.05, 0.1) is 9.99 Å². The molecule has 2 aromatic heterocycles. The van der Waals surface area contributed by atoms with Crippen molar-refractivity contribution in [2.75, 3.05) is 0 Å². The molecule has 0 spiro atoms. The highest BCUT2D eigenvalue weighted by atomic mass is 79.9. The molecule has 0 atom stereocenters. The fourth-order valence-corrected chi connectivity index (χ4v) is 1.98. The van der Waals surface area contributed by atoms with E-state index < -0.39 is 0 Å². The third kappa shape index (κ3) is 2.09. The predicted octanol–water partition coefficient (Wildman–Crippen LogP) is 4.11. The van der Waals surface area contributed by atoms with Gasteiger partial charge in [-0.1, -0.05) is 35.9 Å². The van der Waals surface area contributed by atoms with Crippen molar-refractivity contribution >= 4 is 38.4 Å². The summed E-state index contributed by atoms with van der Waals surface area (Å²) < 4.78 is 0.675. The van der Waals surface area contributed by atoms with E-state index in [1.54, 1.807) is 6.20 Å². The molecule has 5 heteroatoms. The lowest BCUT2D eigenvalue weighted by atomic mass is 10.2. The minimum absolute atomic E-state index is 0.384. The highest BCUT2D eigenvalue weighted by Gasteiger charge is 2.07. The summed E-state index contributed by atoms with van der Waals surface area (Å²) in [6.45, 7) is 0. The first kappa shape index (κ1) is 11.6. The molecule has 3 nitrogen and oxygen atoms in total. The van der Waals surface area contributed by atoms with Crippen LogP contribution in [-0.4, -0.2) is 15.0 Å². The fraction of sp³-hybridized carbons (Fsp3) is 0. The lowest BCUT2D eigenvalue weighted by molar-refractivity contribution is 1.14. The van der Waals surface area contributed by atoms with E-state index >= 15 is 0 Å². The van der Waals surface area contributed by atoms with E-state index in [9.17, 15) is 0 Å². The van der Waals surface area contributed by atoms with Crippen molar-refractivity contribution in [2.45, 2.75) is 0 Å². The average Bonchev–Trinajstić information content (AvgIpc) is 2.41. The maximum absolute atomic E-state index is 5.96. The van der Waals surface area contributed by atoms with Crippen molar-refractivity contribution in [3.05, 3.63) is 52.2 Å². The van der Waals surface area contributed by atoms with Gasteiger partial charge in [0.25, 0.3) is 0 Å². The molecule has 0 radical (unpaired) electrons. The molecule has 0 bridgehead atoms. The SMILES string of the molecule is Clc1nc(-c2ccc3ccccc3n2)ncc1Br. The Bertz CT molecular complexity index is 730. The molecule has 18 heavy (non-hydrogen) atoms. The number of aromatic nitrogens is 3. The molecule has 0 fully saturated rings. The number of pyridine rings is 1. The number of halogens is 2. The molecule has 3 rings (SSSR count). The highest BCUT2D eigenvalue weighted by Crippen LogP contribution is 2.23. The molecule has 1 aromatic carbocycles. The van der Waals surface area contributed by atoms with Crippen LogP contribution >= 0.6 is 27.5 Å². The molecule has 3 aromatic rings. The molecular formula is C13H7BrClN3. The zero-order valence-electron chi connectivity index (χ0n) is 9.14. The van der Waals surface area contributed by atoms with Crippen LogP contribution in [0.3, 0.4) is 0 Å². The van der Waals surface area contributed by atoms with E-state index in [0.717, 1.165) is 10.9 Å². The van der Waals surface area contributed by atoms with Gasteiger partial charge in [0.1, 0.15) is 10.8 Å². The van der Waals surface area contributed by atoms with E-state index in [4.69, 9.17) is 11.6 Å². The lowest BCUT2D eigenvalue weighted by Crippen LogP contribution is -1.92. The Morgan fingerprint density at radius 1 is 1.00 bits per heavy atom. The largest absolute Gasteiger partial charge is 0.244 e. The van der Waals surface area contributed by atoms with Gasteiger partial charge in [0.2, 0.25) is 0 Å². The monoisotopic (exact) mass is 319 g/mol. The van der Waals surface area contributed by atoms with Crippen molar-refractivity contribution < 1.29 is 0 Å². The van der Waals surface area contributed by atoms with E-state index in [2.05, 4.69) is 30.9 Å². The van der Waals surface area contributed by atoms with E-state index in [1.807, 2.05) is 36.4 Å². The Kier molecular flexibility index (Phi) is 2.97. The van der Waals surface area contributed by atoms with Gasteiger partial charge in [-0.2, -0.15) is 0 Å². The molecule has 0 saturated heterocycles. The number of nitrogens with zero attached hydrogens (tertiary/aromatic N) is 3. The van der Waals surface area contributed by atoms with Gasteiger partial charge in [-0.15, -0.1) is 0 Å². The lowest BCUT2D eigenvalue weighted by Gasteiger charge is -2.02. The Hall–Kier alpha value is -1.52. The second-order valence-corrected chi connectivity index (χ2v) is 4.93. The van der Waals surface area contributed by atoms with Crippen LogP contribution in [0.25, 0.3) is 22.4 Å². The van der Waals surface area contributed by atoms with E-state index in [0.29, 0.717) is 21.1 Å². The van der Waals surface area contributed by atoms with Gasteiger partial charge in [-0.05, 0) is 28.1 Å². The molecule has 0 aliphatic carbocycles. The normalized spacial score (nSPS) is 10.8. The average molecular weight is 321 g/mol. The van der Waals surface area contributed by atoms with Crippen LogP contribution in [0.5, 0.6) is 0 Å². The van der Waals surface area contributed by atoms with Crippen LogP contribution in [0.4, 0.5) is 0 Å². The summed E-state index contributed by atoms with van der Waals surface area (Å²) in [6.07, 6.45) is 1.63. The molecule has 0 saturated carbocycles. The Morgan fingerprint density at radius 2 is 1.83 bits per heavy atom. The minimum atomic E-state index is 0.384. The molecular weight excluding hydrogens is 314 g/mol. The Balaban J connectivity index is 2.16. The van der Waals surface area contributed by atoms with Crippen molar-refractivity contribution in [3.8, 4) is 11.5 Å². The second kappa shape index (κ2) is 4.63. The summed E-state index contributed by atoms with van der Waals surface area (Å²) in [4.78, 5) is 12.9. The van der Waals surface area contributed by atoms with Gasteiger partial charge >= 0.3 is 0 Å². The zero-order chi connectivity index (χ0) is 12.5. The molecule has 2 heterocycles. The quantitative estimate of drug-likeness (QED) is 0.633. The zero-order valence-corrected chi connectivity index (χ0v) is 11.5. The number of fused-ring (bicyclic) bond motifs is 1. The summed E-state index contributed by atoms with van der Waals surface area (Å²) in [5.41, 5.74) is 1.63. The van der Waals surface area contributed by atoms with Gasteiger partial charge in [-0.25, -0.2) is 15.0 Å². The maximum Gasteiger partial charge on any atom is 0.179 e. The third-order valence-corrected chi connectivity index (χ3v) is 3.63. The van der Waals surface area contributed by atoms with Crippen LogP contribution < -0.4 is 0 Å². The summed E-state index contributed by atoms with van der Waals surface area (Å²) >= 11 is 9.22. The van der Waals surface area contributed by atoms with Gasteiger partial charge in [0.15, 0.2) is 5.82 Å². The van der Waals surface area contributed by atoms with Crippen molar-refractivity contribution in [2.24, 2.45) is 0 Å². The topological polar surface area (TPSA) is 38.7 Å². The number of rotatable bonds is 1. The first-order valence-corrected chi connectivity index (χ1v) is 6.45. The Morgan fingerprint density at radius 3 is 2.67 bits per heavy atom. The third-order valence-electron chi connectivity index (χ3n) is 2.53. The van der Waals surface area contributed by atoms with Crippen molar-refractivity contribution in [1.82, 2.24) is 15.0 Å². The number of hydrogen-bond donors (Lipinski definition) is 0. The summed E-state index contributed by atoms with van der Waals surface area (Å²) in [5, 5.41) is 1.47. The molecule has 88 valence electrons. The van der Waals surface area contributed by atoms with E-state index in [-0.39, 0.29) is 0 Å². The maximum atomic E-state index is 5.96. The highest BCUT2D eigenvalue weighted by molar-refractivity contribution is 9.10. The van der Waals surface area contributed by atoms with Gasteiger partial charge < -0.3 is 0 Å². The standard InChI is InChI=1S/C13H7BrClN3/c14-9-7-16-13(18-12(9)15)11-6-5-8-3-1-2-4-10(8)17-11/h1-7H. The minimum Gasteiger partial charge on any atom is -0.244 e. The number of para-hydroxylation sites is 1. The van der Waals surface area contributed by atoms with Crippen LogP contribution in [-0.2, 0) is 0 Å². The summed E-state index contributed by atoms with van der Waals surface area (Å²) in [7, 11) is 0. The molecule has 0 N–H and O–H groups in total. The van der Waals surface area contributed by atoms with Crippen molar-refractivity contribution in [1.29, 1.82) is 0 Å². The fourth-order valence-electron chi connectivity index (χ4n) is 1.66. The van der Waals surface area contributed by atoms with E-state index in [1.165, 1.54) is 0 Å². The Labute approximate surface area is 117 Å². The number of benzene rings is 1. The second-order valence-electron chi connectivity index (χ2n) is 3.72. The molecule has 0 unspecified atom stereocenters. The van der Waals surface area contributed by atoms with Gasteiger partial charge in [-0.3, -0.25) is 0 Å². The first-order valence-electron chi connectivity index (χ1n) is 5.28. The van der Waals surface area contributed by atoms with Crippen LogP contribution in [0, 0.1) is 0 Å². The number of hydrogen-bond acceptors (Lipinski definition) is 3. The van der Waals surface area contributed by atoms with Gasteiger partial charge in [0, 0.05) is 11.6 Å². The summed E-state index contributed by atoms with van der Waals surface area (Å²) in [5.74, 6) is 0.522. The molecule has 0 aliphatic heterocycles.